The number of rotatable bonds is 3. The summed E-state index contributed by atoms with van der Waals surface area (Å²) in [6, 6.07) is 20.2. The summed E-state index contributed by atoms with van der Waals surface area (Å²) in [5.41, 5.74) is 3.00. The Kier molecular flexibility index (Phi) is 3.86. The van der Waals surface area contributed by atoms with E-state index in [9.17, 15) is 0 Å². The van der Waals surface area contributed by atoms with E-state index in [1.165, 1.54) is 0 Å². The first-order valence-electron chi connectivity index (χ1n) is 7.41. The molecular weight excluding hydrogens is 286 g/mol. The van der Waals surface area contributed by atoms with Crippen LogP contribution in [0.1, 0.15) is 0 Å². The molecule has 0 N–H and O–H groups in total. The monoisotopic (exact) mass is 305 g/mol. The van der Waals surface area contributed by atoms with E-state index in [0.29, 0.717) is 0 Å². The zero-order chi connectivity index (χ0) is 15.6. The van der Waals surface area contributed by atoms with Crippen LogP contribution >= 0.6 is 0 Å². The summed E-state index contributed by atoms with van der Waals surface area (Å²) in [5.74, 6) is 1.51. The van der Waals surface area contributed by atoms with Crippen LogP contribution in [0.4, 0.5) is 0 Å². The Balaban J connectivity index is 2.19. The molecule has 0 aliphatic carbocycles. The first-order valence-corrected chi connectivity index (χ1v) is 10.9. The topological polar surface area (TPSA) is 38.7 Å². The molecule has 4 heteroatoms. The number of hydrogen-bond acceptors (Lipinski definition) is 3. The average molecular weight is 305 g/mol. The minimum absolute atomic E-state index is 0.756. The van der Waals surface area contributed by atoms with Gasteiger partial charge in [-0.1, -0.05) is 80.3 Å². The maximum absolute atomic E-state index is 4.74. The van der Waals surface area contributed by atoms with Crippen molar-refractivity contribution in [3.8, 4) is 22.8 Å². The lowest BCUT2D eigenvalue weighted by Crippen LogP contribution is -2.43. The maximum atomic E-state index is 4.74. The van der Waals surface area contributed by atoms with E-state index >= 15 is 0 Å². The quantitative estimate of drug-likeness (QED) is 0.692. The van der Waals surface area contributed by atoms with Crippen LogP contribution in [0, 0.1) is 0 Å². The van der Waals surface area contributed by atoms with Gasteiger partial charge in [-0.25, -0.2) is 15.0 Å². The van der Waals surface area contributed by atoms with Crippen LogP contribution in [-0.2, 0) is 0 Å². The second-order valence-electron chi connectivity index (χ2n) is 6.29. The van der Waals surface area contributed by atoms with Gasteiger partial charge < -0.3 is 0 Å². The summed E-state index contributed by atoms with van der Waals surface area (Å²) in [6.45, 7) is 6.77. The van der Waals surface area contributed by atoms with Crippen molar-refractivity contribution in [3.05, 3.63) is 60.7 Å². The third-order valence-electron chi connectivity index (χ3n) is 3.37. The largest absolute Gasteiger partial charge is 0.219 e. The zero-order valence-corrected chi connectivity index (χ0v) is 14.1. The molecule has 0 spiro atoms. The second kappa shape index (κ2) is 5.81. The number of benzene rings is 2. The van der Waals surface area contributed by atoms with Gasteiger partial charge in [0.15, 0.2) is 11.6 Å². The van der Waals surface area contributed by atoms with E-state index < -0.39 is 8.07 Å². The number of hydrogen-bond donors (Lipinski definition) is 0. The Labute approximate surface area is 132 Å². The van der Waals surface area contributed by atoms with Crippen LogP contribution in [0.5, 0.6) is 0 Å². The van der Waals surface area contributed by atoms with E-state index in [0.717, 1.165) is 28.2 Å². The zero-order valence-electron chi connectivity index (χ0n) is 13.1. The van der Waals surface area contributed by atoms with Crippen molar-refractivity contribution < 1.29 is 0 Å². The standard InChI is InChI=1S/C18H19N3Si/c1-22(2,3)18-20-16(14-10-6-4-7-11-14)19-17(21-18)15-12-8-5-9-13-15/h4-13H,1-3H3. The Morgan fingerprint density at radius 3 is 1.36 bits per heavy atom. The van der Waals surface area contributed by atoms with Gasteiger partial charge in [-0.2, -0.15) is 0 Å². The van der Waals surface area contributed by atoms with Crippen molar-refractivity contribution in [1.82, 2.24) is 15.0 Å². The minimum Gasteiger partial charge on any atom is -0.219 e. The average Bonchev–Trinajstić information content (AvgIpc) is 2.55. The lowest BCUT2D eigenvalue weighted by atomic mass is 10.2. The lowest BCUT2D eigenvalue weighted by molar-refractivity contribution is 1.10. The molecule has 0 saturated heterocycles. The first kappa shape index (κ1) is 14.6. The van der Waals surface area contributed by atoms with Gasteiger partial charge in [0.2, 0.25) is 0 Å². The smallest absolute Gasteiger partial charge is 0.163 e. The fourth-order valence-corrected chi connectivity index (χ4v) is 3.03. The van der Waals surface area contributed by atoms with Crippen molar-refractivity contribution in [3.63, 3.8) is 0 Å². The molecule has 110 valence electrons. The van der Waals surface area contributed by atoms with Gasteiger partial charge >= 0.3 is 0 Å². The van der Waals surface area contributed by atoms with Crippen LogP contribution < -0.4 is 5.45 Å². The molecule has 0 radical (unpaired) electrons. The third-order valence-corrected chi connectivity index (χ3v) is 4.94. The molecule has 0 saturated carbocycles. The predicted molar refractivity (Wildman–Crippen MR) is 93.7 cm³/mol. The first-order chi connectivity index (χ1) is 10.5. The Bertz CT molecular complexity index is 708. The summed E-state index contributed by atoms with van der Waals surface area (Å²) in [4.78, 5) is 14.2. The molecule has 1 aromatic heterocycles. The van der Waals surface area contributed by atoms with Crippen molar-refractivity contribution in [2.45, 2.75) is 19.6 Å². The number of aromatic nitrogens is 3. The van der Waals surface area contributed by atoms with Crippen LogP contribution in [0.3, 0.4) is 0 Å². The van der Waals surface area contributed by atoms with E-state index in [1.807, 2.05) is 60.7 Å². The molecule has 0 unspecified atom stereocenters. The van der Waals surface area contributed by atoms with Crippen LogP contribution in [0.15, 0.2) is 60.7 Å². The van der Waals surface area contributed by atoms with Crippen molar-refractivity contribution in [1.29, 1.82) is 0 Å². The Morgan fingerprint density at radius 2 is 1.00 bits per heavy atom. The van der Waals surface area contributed by atoms with E-state index in [-0.39, 0.29) is 0 Å². The molecule has 1 heterocycles. The van der Waals surface area contributed by atoms with Gasteiger partial charge in [0.05, 0.1) is 0 Å². The minimum atomic E-state index is -1.62. The summed E-state index contributed by atoms with van der Waals surface area (Å²) in [7, 11) is -1.62. The highest BCUT2D eigenvalue weighted by atomic mass is 28.3. The molecule has 3 aromatic rings. The normalized spacial score (nSPS) is 11.4. The highest BCUT2D eigenvalue weighted by molar-refractivity contribution is 6.87. The van der Waals surface area contributed by atoms with Gasteiger partial charge in [-0.3, -0.25) is 0 Å². The fraction of sp³-hybridized carbons (Fsp3) is 0.167. The third kappa shape index (κ3) is 3.12. The predicted octanol–water partition coefficient (Wildman–Crippen LogP) is 3.75. The van der Waals surface area contributed by atoms with Crippen molar-refractivity contribution in [2.75, 3.05) is 0 Å². The SMILES string of the molecule is C[Si](C)(C)c1nc(-c2ccccc2)nc(-c2ccccc2)n1. The second-order valence-corrected chi connectivity index (χ2v) is 11.2. The Morgan fingerprint density at radius 1 is 0.591 bits per heavy atom. The summed E-state index contributed by atoms with van der Waals surface area (Å²) < 4.78 is 0. The molecule has 22 heavy (non-hydrogen) atoms. The van der Waals surface area contributed by atoms with Crippen LogP contribution in [0.2, 0.25) is 19.6 Å². The summed E-state index contributed by atoms with van der Waals surface area (Å²) in [6.07, 6.45) is 0. The van der Waals surface area contributed by atoms with Crippen LogP contribution in [-0.4, -0.2) is 23.0 Å². The maximum Gasteiger partial charge on any atom is 0.163 e. The number of nitrogens with zero attached hydrogens (tertiary/aromatic N) is 3. The molecule has 0 atom stereocenters. The van der Waals surface area contributed by atoms with Crippen LogP contribution in [0.25, 0.3) is 22.8 Å². The molecule has 2 aromatic carbocycles. The van der Waals surface area contributed by atoms with E-state index in [1.54, 1.807) is 0 Å². The van der Waals surface area contributed by atoms with Gasteiger partial charge in [-0.15, -0.1) is 0 Å². The highest BCUT2D eigenvalue weighted by Gasteiger charge is 2.23. The molecule has 0 aliphatic heterocycles. The van der Waals surface area contributed by atoms with E-state index in [2.05, 4.69) is 24.6 Å². The molecule has 3 nitrogen and oxygen atoms in total. The van der Waals surface area contributed by atoms with Gasteiger partial charge in [0.1, 0.15) is 13.5 Å². The lowest BCUT2D eigenvalue weighted by Gasteiger charge is -2.16. The van der Waals surface area contributed by atoms with Crippen molar-refractivity contribution in [2.24, 2.45) is 0 Å². The molecule has 0 aliphatic rings. The summed E-state index contributed by atoms with van der Waals surface area (Å²) in [5, 5.41) is 0. The molecular formula is C18H19N3Si. The van der Waals surface area contributed by atoms with Crippen molar-refractivity contribution >= 4 is 13.5 Å². The molecule has 0 amide bonds. The van der Waals surface area contributed by atoms with Gasteiger partial charge in [0.25, 0.3) is 0 Å². The fourth-order valence-electron chi connectivity index (χ4n) is 2.14. The Hall–Kier alpha value is -2.33. The van der Waals surface area contributed by atoms with Gasteiger partial charge in [-0.05, 0) is 0 Å². The highest BCUT2D eigenvalue weighted by Crippen LogP contribution is 2.18. The molecule has 3 rings (SSSR count). The molecule has 0 bridgehead atoms. The molecule has 0 fully saturated rings. The summed E-state index contributed by atoms with van der Waals surface area (Å²) >= 11 is 0. The van der Waals surface area contributed by atoms with Gasteiger partial charge in [0, 0.05) is 11.1 Å². The van der Waals surface area contributed by atoms with E-state index in [4.69, 9.17) is 9.97 Å².